The molecule has 1 atom stereocenters. The molecular weight excluding hydrogens is 312 g/mol. The maximum absolute atomic E-state index is 10.3. The highest BCUT2D eigenvalue weighted by Crippen LogP contribution is 2.66. The minimum atomic E-state index is -0.506. The maximum Gasteiger partial charge on any atom is 0.133 e. The van der Waals surface area contributed by atoms with Crippen LogP contribution in [0.1, 0.15) is 54.7 Å². The van der Waals surface area contributed by atoms with E-state index >= 15 is 0 Å². The first kappa shape index (κ1) is 15.1. The number of hydrogen-bond donors (Lipinski definition) is 1. The molecule has 2 heterocycles. The second-order valence-electron chi connectivity index (χ2n) is 8.05. The van der Waals surface area contributed by atoms with Crippen LogP contribution in [0, 0.1) is 19.8 Å². The standard InChI is InChI=1S/C21H22N2O2/c1-11-4-15(13(3)24)16-6-18(21-7-14(8-21)9-21)20(22-19(16)5-11)17-10-25-23-12(17)2/h4-6,10,13-14,24H,7-9H2,1-3H3. The van der Waals surface area contributed by atoms with Gasteiger partial charge in [-0.05, 0) is 80.2 Å². The molecule has 2 bridgehead atoms. The van der Waals surface area contributed by atoms with Gasteiger partial charge in [-0.25, -0.2) is 4.98 Å². The summed E-state index contributed by atoms with van der Waals surface area (Å²) in [6.45, 7) is 5.84. The molecule has 25 heavy (non-hydrogen) atoms. The molecule has 1 N–H and O–H groups in total. The van der Waals surface area contributed by atoms with E-state index in [-0.39, 0.29) is 5.41 Å². The van der Waals surface area contributed by atoms with Gasteiger partial charge in [0.2, 0.25) is 0 Å². The van der Waals surface area contributed by atoms with Crippen molar-refractivity contribution in [1.29, 1.82) is 0 Å². The molecular formula is C21H22N2O2. The fourth-order valence-electron chi connectivity index (χ4n) is 4.73. The summed E-state index contributed by atoms with van der Waals surface area (Å²) in [5.41, 5.74) is 7.45. The third-order valence-electron chi connectivity index (χ3n) is 6.18. The van der Waals surface area contributed by atoms with Crippen molar-refractivity contribution in [2.45, 2.75) is 51.6 Å². The van der Waals surface area contributed by atoms with Gasteiger partial charge in [0.15, 0.2) is 0 Å². The lowest BCUT2D eigenvalue weighted by molar-refractivity contribution is -0.0270. The number of rotatable bonds is 3. The zero-order valence-corrected chi connectivity index (χ0v) is 14.8. The summed E-state index contributed by atoms with van der Waals surface area (Å²) in [6, 6.07) is 6.45. The van der Waals surface area contributed by atoms with Crippen molar-refractivity contribution in [1.82, 2.24) is 10.1 Å². The van der Waals surface area contributed by atoms with E-state index in [9.17, 15) is 5.11 Å². The van der Waals surface area contributed by atoms with Crippen LogP contribution in [-0.2, 0) is 5.41 Å². The van der Waals surface area contributed by atoms with Gasteiger partial charge in [0, 0.05) is 5.39 Å². The van der Waals surface area contributed by atoms with E-state index < -0.39 is 6.10 Å². The molecule has 3 aromatic rings. The number of hydrogen-bond acceptors (Lipinski definition) is 4. The Balaban J connectivity index is 1.83. The molecule has 4 heteroatoms. The second kappa shape index (κ2) is 4.92. The van der Waals surface area contributed by atoms with E-state index in [4.69, 9.17) is 9.51 Å². The molecule has 0 spiro atoms. The second-order valence-corrected chi connectivity index (χ2v) is 8.05. The van der Waals surface area contributed by atoms with Crippen molar-refractivity contribution in [3.8, 4) is 11.3 Å². The lowest BCUT2D eigenvalue weighted by atomic mass is 9.42. The fraction of sp³-hybridized carbons (Fsp3) is 0.429. The summed E-state index contributed by atoms with van der Waals surface area (Å²) in [5.74, 6) is 0.890. The highest BCUT2D eigenvalue weighted by molar-refractivity contribution is 5.88. The number of aliphatic hydroxyl groups is 1. The van der Waals surface area contributed by atoms with Gasteiger partial charge in [0.05, 0.1) is 28.6 Å². The van der Waals surface area contributed by atoms with Gasteiger partial charge < -0.3 is 9.63 Å². The zero-order valence-electron chi connectivity index (χ0n) is 14.8. The molecule has 1 unspecified atom stereocenters. The summed E-state index contributed by atoms with van der Waals surface area (Å²) in [5, 5.41) is 15.4. The lowest BCUT2D eigenvalue weighted by Crippen LogP contribution is -2.55. The van der Waals surface area contributed by atoms with Crippen LogP contribution in [-0.4, -0.2) is 15.2 Å². The number of benzene rings is 1. The third kappa shape index (κ3) is 2.04. The van der Waals surface area contributed by atoms with Gasteiger partial charge in [-0.2, -0.15) is 0 Å². The SMILES string of the molecule is Cc1cc(C(C)O)c2cc(C34CC(C3)C4)c(-c3conc3C)nc2c1. The van der Waals surface area contributed by atoms with Gasteiger partial charge >= 0.3 is 0 Å². The fourth-order valence-corrected chi connectivity index (χ4v) is 4.73. The van der Waals surface area contributed by atoms with Crippen molar-refractivity contribution < 1.29 is 9.63 Å². The Hall–Kier alpha value is -2.20. The monoisotopic (exact) mass is 334 g/mol. The van der Waals surface area contributed by atoms with E-state index in [2.05, 4.69) is 23.4 Å². The van der Waals surface area contributed by atoms with Gasteiger partial charge in [0.1, 0.15) is 6.26 Å². The Morgan fingerprint density at radius 2 is 1.96 bits per heavy atom. The average Bonchev–Trinajstić information content (AvgIpc) is 2.89. The predicted octanol–water partition coefficient (Wildman–Crippen LogP) is 4.61. The van der Waals surface area contributed by atoms with Crippen molar-refractivity contribution in [2.24, 2.45) is 5.92 Å². The van der Waals surface area contributed by atoms with Crippen LogP contribution in [0.5, 0.6) is 0 Å². The topological polar surface area (TPSA) is 59.2 Å². The van der Waals surface area contributed by atoms with Crippen LogP contribution >= 0.6 is 0 Å². The normalized spacial score (nSPS) is 25.5. The van der Waals surface area contributed by atoms with Gasteiger partial charge in [0.25, 0.3) is 0 Å². The van der Waals surface area contributed by atoms with Crippen LogP contribution < -0.4 is 0 Å². The zero-order chi connectivity index (χ0) is 17.3. The smallest absolute Gasteiger partial charge is 0.133 e. The Morgan fingerprint density at radius 3 is 2.52 bits per heavy atom. The molecule has 1 aromatic carbocycles. The molecule has 3 aliphatic carbocycles. The summed E-state index contributed by atoms with van der Waals surface area (Å²) in [6.07, 6.45) is 4.98. The third-order valence-corrected chi connectivity index (χ3v) is 6.18. The molecule has 0 amide bonds. The summed E-state index contributed by atoms with van der Waals surface area (Å²) in [7, 11) is 0. The number of fused-ring (bicyclic) bond motifs is 1. The number of aliphatic hydroxyl groups excluding tert-OH is 1. The highest BCUT2D eigenvalue weighted by atomic mass is 16.5. The number of pyridine rings is 1. The van der Waals surface area contributed by atoms with Crippen LogP contribution in [0.25, 0.3) is 22.2 Å². The van der Waals surface area contributed by atoms with E-state index in [1.54, 1.807) is 6.26 Å². The van der Waals surface area contributed by atoms with Crippen molar-refractivity contribution in [3.63, 3.8) is 0 Å². The van der Waals surface area contributed by atoms with E-state index in [1.165, 1.54) is 24.8 Å². The first-order chi connectivity index (χ1) is 12.0. The lowest BCUT2D eigenvalue weighted by Gasteiger charge is -2.62. The Morgan fingerprint density at radius 1 is 1.20 bits per heavy atom. The maximum atomic E-state index is 10.3. The number of aryl methyl sites for hydroxylation is 2. The summed E-state index contributed by atoms with van der Waals surface area (Å²) in [4.78, 5) is 5.04. The first-order valence-electron chi connectivity index (χ1n) is 9.02. The van der Waals surface area contributed by atoms with Crippen LogP contribution in [0.3, 0.4) is 0 Å². The molecule has 4 nitrogen and oxygen atoms in total. The molecule has 3 fully saturated rings. The van der Waals surface area contributed by atoms with Crippen molar-refractivity contribution in [3.05, 3.63) is 46.8 Å². The molecule has 6 rings (SSSR count). The quantitative estimate of drug-likeness (QED) is 0.760. The molecule has 3 aliphatic rings. The van der Waals surface area contributed by atoms with Crippen LogP contribution in [0.4, 0.5) is 0 Å². The molecule has 3 saturated carbocycles. The van der Waals surface area contributed by atoms with Crippen molar-refractivity contribution >= 4 is 10.9 Å². The van der Waals surface area contributed by atoms with Gasteiger partial charge in [-0.1, -0.05) is 11.2 Å². The minimum Gasteiger partial charge on any atom is -0.389 e. The van der Waals surface area contributed by atoms with Gasteiger partial charge in [-0.3, -0.25) is 0 Å². The van der Waals surface area contributed by atoms with Crippen LogP contribution in [0.15, 0.2) is 29.0 Å². The summed E-state index contributed by atoms with van der Waals surface area (Å²) >= 11 is 0. The number of aromatic nitrogens is 2. The van der Waals surface area contributed by atoms with E-state index in [0.29, 0.717) is 0 Å². The Labute approximate surface area is 146 Å². The van der Waals surface area contributed by atoms with Gasteiger partial charge in [-0.15, -0.1) is 0 Å². The van der Waals surface area contributed by atoms with Crippen LogP contribution in [0.2, 0.25) is 0 Å². The van der Waals surface area contributed by atoms with E-state index in [0.717, 1.165) is 44.9 Å². The Kier molecular flexibility index (Phi) is 2.97. The molecule has 0 radical (unpaired) electrons. The summed E-state index contributed by atoms with van der Waals surface area (Å²) < 4.78 is 5.20. The molecule has 0 saturated heterocycles. The molecule has 2 aromatic heterocycles. The molecule has 128 valence electrons. The minimum absolute atomic E-state index is 0.270. The average molecular weight is 334 g/mol. The van der Waals surface area contributed by atoms with E-state index in [1.807, 2.05) is 20.8 Å². The molecule has 0 aliphatic heterocycles. The highest BCUT2D eigenvalue weighted by Gasteiger charge is 2.58. The number of nitrogens with zero attached hydrogens (tertiary/aromatic N) is 2. The Bertz CT molecular complexity index is 986. The largest absolute Gasteiger partial charge is 0.389 e. The predicted molar refractivity (Wildman–Crippen MR) is 96.4 cm³/mol. The first-order valence-corrected chi connectivity index (χ1v) is 9.02. The van der Waals surface area contributed by atoms with Crippen molar-refractivity contribution in [2.75, 3.05) is 0 Å².